The van der Waals surface area contributed by atoms with Gasteiger partial charge in [-0.3, -0.25) is 9.59 Å². The lowest BCUT2D eigenvalue weighted by Gasteiger charge is -2.28. The van der Waals surface area contributed by atoms with Gasteiger partial charge < -0.3 is 10.2 Å². The zero-order valence-electron chi connectivity index (χ0n) is 18.5. The van der Waals surface area contributed by atoms with Crippen molar-refractivity contribution >= 4 is 33.2 Å². The van der Waals surface area contributed by atoms with Gasteiger partial charge in [0.1, 0.15) is 16.5 Å². The van der Waals surface area contributed by atoms with Gasteiger partial charge in [-0.15, -0.1) is 11.3 Å². The lowest BCUT2D eigenvalue weighted by Crippen LogP contribution is -2.43. The van der Waals surface area contributed by atoms with Gasteiger partial charge in [-0.1, -0.05) is 26.0 Å². The van der Waals surface area contributed by atoms with Gasteiger partial charge in [0.15, 0.2) is 0 Å². The van der Waals surface area contributed by atoms with E-state index < -0.39 is 27.9 Å². The van der Waals surface area contributed by atoms with E-state index in [9.17, 15) is 22.4 Å². The van der Waals surface area contributed by atoms with Gasteiger partial charge in [0.05, 0.1) is 23.9 Å². The third kappa shape index (κ3) is 4.57. The number of hydrogen-bond acceptors (Lipinski definition) is 7. The molecule has 0 radical (unpaired) electrons. The Morgan fingerprint density at radius 3 is 2.61 bits per heavy atom. The molecule has 176 valence electrons. The van der Waals surface area contributed by atoms with E-state index in [0.717, 1.165) is 16.1 Å². The lowest BCUT2D eigenvalue weighted by atomic mass is 9.89. The fourth-order valence-corrected chi connectivity index (χ4v) is 6.08. The minimum absolute atomic E-state index is 0.146. The summed E-state index contributed by atoms with van der Waals surface area (Å²) in [6.07, 6.45) is 2.64. The van der Waals surface area contributed by atoms with Gasteiger partial charge in [0.2, 0.25) is 15.9 Å². The average Bonchev–Trinajstić information content (AvgIpc) is 3.42. The Morgan fingerprint density at radius 2 is 1.97 bits per heavy atom. The maximum absolute atomic E-state index is 13.3. The van der Waals surface area contributed by atoms with Gasteiger partial charge in [0.25, 0.3) is 5.91 Å². The van der Waals surface area contributed by atoms with E-state index in [0.29, 0.717) is 23.8 Å². The van der Waals surface area contributed by atoms with Gasteiger partial charge in [-0.05, 0) is 29.7 Å². The van der Waals surface area contributed by atoms with E-state index in [1.54, 1.807) is 23.6 Å². The number of aromatic nitrogens is 1. The molecule has 1 saturated heterocycles. The number of nitrogens with one attached hydrogen (secondary N) is 1. The van der Waals surface area contributed by atoms with Crippen molar-refractivity contribution in [1.82, 2.24) is 19.5 Å². The predicted octanol–water partition coefficient (Wildman–Crippen LogP) is 2.35. The van der Waals surface area contributed by atoms with E-state index in [4.69, 9.17) is 0 Å². The van der Waals surface area contributed by atoms with Gasteiger partial charge in [0, 0.05) is 25.0 Å². The molecule has 4 rings (SSSR count). The van der Waals surface area contributed by atoms with Crippen LogP contribution < -0.4 is 5.32 Å². The van der Waals surface area contributed by atoms with Crippen molar-refractivity contribution < 1.29 is 22.4 Å². The van der Waals surface area contributed by atoms with E-state index in [1.807, 2.05) is 13.8 Å². The molecule has 0 aliphatic carbocycles. The minimum Gasteiger partial charge on any atom is -0.324 e. The summed E-state index contributed by atoms with van der Waals surface area (Å²) in [7, 11) is -3.78. The molecule has 0 unspecified atom stereocenters. The predicted molar refractivity (Wildman–Crippen MR) is 122 cm³/mol. The van der Waals surface area contributed by atoms with Crippen LogP contribution in [0.2, 0.25) is 0 Å². The molecule has 11 heteroatoms. The summed E-state index contributed by atoms with van der Waals surface area (Å²) in [4.78, 5) is 32.1. The largest absolute Gasteiger partial charge is 0.324 e. The third-order valence-electron chi connectivity index (χ3n) is 5.80. The fourth-order valence-electron chi connectivity index (χ4n) is 4.33. The van der Waals surface area contributed by atoms with Crippen LogP contribution in [0.3, 0.4) is 0 Å². The smallest absolute Gasteiger partial charge is 0.274 e. The molecule has 1 N–H and O–H groups in total. The van der Waals surface area contributed by atoms with Crippen molar-refractivity contribution in [2.75, 3.05) is 12.8 Å². The number of halogens is 1. The molecule has 0 saturated carbocycles. The number of carbonyl (C=O) groups excluding carboxylic acids is 2. The van der Waals surface area contributed by atoms with Gasteiger partial charge in [-0.2, -0.15) is 0 Å². The molecule has 2 aliphatic rings. The van der Waals surface area contributed by atoms with Crippen molar-refractivity contribution in [3.8, 4) is 0 Å². The molecule has 0 bridgehead atoms. The number of amides is 2. The molecule has 8 nitrogen and oxygen atoms in total. The number of nitrogens with zero attached hydrogens (tertiary/aromatic N) is 3. The second-order valence-electron chi connectivity index (χ2n) is 8.52. The molecular formula is C22H25FN4O4S2. The van der Waals surface area contributed by atoms with Crippen molar-refractivity contribution in [2.24, 2.45) is 11.8 Å². The van der Waals surface area contributed by atoms with Crippen molar-refractivity contribution in [1.29, 1.82) is 0 Å². The molecule has 2 amide bonds. The highest BCUT2D eigenvalue weighted by Gasteiger charge is 2.54. The number of carbonyl (C=O) groups is 2. The van der Waals surface area contributed by atoms with Crippen molar-refractivity contribution in [3.63, 3.8) is 0 Å². The summed E-state index contributed by atoms with van der Waals surface area (Å²) >= 11 is 1.34. The number of fused-ring (bicyclic) bond motifs is 1. The molecule has 33 heavy (non-hydrogen) atoms. The molecule has 1 fully saturated rings. The Labute approximate surface area is 196 Å². The first-order chi connectivity index (χ1) is 15.6. The standard InChI is InChI=1S/C22H25FN4O4S2/c1-13(2)19-20-17(27(22(19)29)33(3,30)31)8-9-26(20)21(28)16-12-32-18(25-16)11-24-10-14-4-6-15(23)7-5-14/h4-8,12-13,19-20,24H,9-11H2,1-3H3/t19-,20+/m0/s1. The van der Waals surface area contributed by atoms with Crippen LogP contribution in [0.15, 0.2) is 41.4 Å². The molecule has 1 aromatic carbocycles. The first-order valence-corrected chi connectivity index (χ1v) is 13.3. The summed E-state index contributed by atoms with van der Waals surface area (Å²) < 4.78 is 38.4. The fraction of sp³-hybridized carbons (Fsp3) is 0.409. The highest BCUT2D eigenvalue weighted by molar-refractivity contribution is 7.89. The molecule has 3 heterocycles. The van der Waals surface area contributed by atoms with Crippen LogP contribution in [0.1, 0.15) is 34.9 Å². The van der Waals surface area contributed by atoms with Crippen LogP contribution in [0, 0.1) is 17.7 Å². The van der Waals surface area contributed by atoms with Crippen molar-refractivity contribution in [2.45, 2.75) is 33.0 Å². The van der Waals surface area contributed by atoms with Gasteiger partial charge in [-0.25, -0.2) is 22.1 Å². The van der Waals surface area contributed by atoms with Gasteiger partial charge >= 0.3 is 0 Å². The van der Waals surface area contributed by atoms with Crippen molar-refractivity contribution in [3.05, 3.63) is 63.5 Å². The van der Waals surface area contributed by atoms with E-state index >= 15 is 0 Å². The number of rotatable bonds is 7. The van der Waals surface area contributed by atoms with E-state index in [-0.39, 0.29) is 29.9 Å². The normalized spacial score (nSPS) is 20.5. The topological polar surface area (TPSA) is 99.7 Å². The maximum atomic E-state index is 13.3. The molecule has 0 spiro atoms. The Hall–Kier alpha value is -2.63. The Morgan fingerprint density at radius 1 is 1.27 bits per heavy atom. The summed E-state index contributed by atoms with van der Waals surface area (Å²) in [5.41, 5.74) is 1.55. The Kier molecular flexibility index (Phi) is 6.39. The van der Waals surface area contributed by atoms with Crippen LogP contribution >= 0.6 is 11.3 Å². The summed E-state index contributed by atoms with van der Waals surface area (Å²) in [6, 6.07) is 5.58. The number of hydrogen-bond donors (Lipinski definition) is 1. The summed E-state index contributed by atoms with van der Waals surface area (Å²) in [6.45, 7) is 4.89. The number of benzene rings is 1. The van der Waals surface area contributed by atoms with Crippen LogP contribution in [0.5, 0.6) is 0 Å². The average molecular weight is 493 g/mol. The first kappa shape index (κ1) is 23.5. The number of thiazole rings is 1. The second kappa shape index (κ2) is 8.96. The van der Waals surface area contributed by atoms with E-state index in [1.165, 1.54) is 28.4 Å². The lowest BCUT2D eigenvalue weighted by molar-refractivity contribution is -0.128. The molecular weight excluding hydrogens is 467 g/mol. The molecule has 2 atom stereocenters. The van der Waals surface area contributed by atoms with E-state index in [2.05, 4.69) is 10.3 Å². The maximum Gasteiger partial charge on any atom is 0.274 e. The summed E-state index contributed by atoms with van der Waals surface area (Å²) in [5, 5.41) is 5.61. The van der Waals surface area contributed by atoms with Crippen LogP contribution in [-0.2, 0) is 27.9 Å². The monoisotopic (exact) mass is 492 g/mol. The van der Waals surface area contributed by atoms with Crippen LogP contribution in [-0.4, -0.2) is 53.3 Å². The van der Waals surface area contributed by atoms with Crippen LogP contribution in [0.4, 0.5) is 4.39 Å². The molecule has 2 aliphatic heterocycles. The Bertz CT molecular complexity index is 1210. The first-order valence-electron chi connectivity index (χ1n) is 10.5. The number of sulfonamides is 1. The highest BCUT2D eigenvalue weighted by Crippen LogP contribution is 2.41. The molecule has 2 aromatic rings. The Balaban J connectivity index is 1.46. The summed E-state index contributed by atoms with van der Waals surface area (Å²) in [5.74, 6) is -1.89. The third-order valence-corrected chi connectivity index (χ3v) is 7.70. The quantitative estimate of drug-likeness (QED) is 0.637. The SMILES string of the molecule is CC(C)[C@@H]1C(=O)N(S(C)(=O)=O)C2=CCN(C(=O)c3csc(CNCc4ccc(F)cc4)n3)[C@H]21. The minimum atomic E-state index is -3.78. The zero-order valence-corrected chi connectivity index (χ0v) is 20.1. The molecule has 1 aromatic heterocycles. The van der Waals surface area contributed by atoms with Crippen LogP contribution in [0.25, 0.3) is 0 Å². The zero-order chi connectivity index (χ0) is 23.9. The second-order valence-corrected chi connectivity index (χ2v) is 11.3. The highest BCUT2D eigenvalue weighted by atomic mass is 32.2.